The summed E-state index contributed by atoms with van der Waals surface area (Å²) in [6.07, 6.45) is 1.55. The molecule has 0 saturated carbocycles. The molecule has 8 heteroatoms. The van der Waals surface area contributed by atoms with Gasteiger partial charge >= 0.3 is 11.0 Å². The largest absolute Gasteiger partial charge is 0.451 e. The van der Waals surface area contributed by atoms with Gasteiger partial charge < -0.3 is 9.15 Å². The summed E-state index contributed by atoms with van der Waals surface area (Å²) in [5.74, 6) is 0.175. The Kier molecular flexibility index (Phi) is 4.15. The lowest BCUT2D eigenvalue weighted by Crippen LogP contribution is -2.03. The van der Waals surface area contributed by atoms with Gasteiger partial charge in [0.1, 0.15) is 4.88 Å². The molecule has 2 aromatic heterocycles. The highest BCUT2D eigenvalue weighted by Crippen LogP contribution is 2.25. The van der Waals surface area contributed by atoms with Gasteiger partial charge in [-0.2, -0.15) is 0 Å². The molecule has 0 aliphatic heterocycles. The van der Waals surface area contributed by atoms with Gasteiger partial charge in [-0.25, -0.2) is 9.78 Å². The molecule has 3 aromatic rings. The van der Waals surface area contributed by atoms with Gasteiger partial charge in [0, 0.05) is 11.6 Å². The second-order valence-electron chi connectivity index (χ2n) is 4.46. The molecule has 7 nitrogen and oxygen atoms in total. The Bertz CT molecular complexity index is 840. The minimum atomic E-state index is -0.650. The molecule has 0 saturated heterocycles. The number of carbonyl (C=O) groups excluding carboxylic acids is 1. The highest BCUT2D eigenvalue weighted by Gasteiger charge is 2.17. The molecule has 0 fully saturated rings. The topological polar surface area (TPSA) is 95.5 Å². The summed E-state index contributed by atoms with van der Waals surface area (Å²) in [5.41, 5.74) is 0.867. The molecular weight excluding hydrogens is 320 g/mol. The van der Waals surface area contributed by atoms with E-state index in [0.717, 1.165) is 16.9 Å². The van der Waals surface area contributed by atoms with E-state index in [0.29, 0.717) is 5.76 Å². The Morgan fingerprint density at radius 3 is 2.74 bits per heavy atom. The molecule has 23 heavy (non-hydrogen) atoms. The summed E-state index contributed by atoms with van der Waals surface area (Å²) in [5, 5.41) is 10.5. The Morgan fingerprint density at radius 2 is 2.04 bits per heavy atom. The number of rotatable bonds is 5. The predicted molar refractivity (Wildman–Crippen MR) is 82.0 cm³/mol. The fourth-order valence-electron chi connectivity index (χ4n) is 1.85. The van der Waals surface area contributed by atoms with Crippen molar-refractivity contribution in [1.29, 1.82) is 0 Å². The van der Waals surface area contributed by atoms with Gasteiger partial charge in [-0.05, 0) is 6.07 Å². The molecule has 3 rings (SSSR count). The van der Waals surface area contributed by atoms with Gasteiger partial charge in [0.25, 0.3) is 0 Å². The third-order valence-electron chi connectivity index (χ3n) is 2.91. The maximum absolute atomic E-state index is 11.8. The smallest absolute Gasteiger partial charge is 0.349 e. The maximum Gasteiger partial charge on any atom is 0.349 e. The average molecular weight is 330 g/mol. The number of nitrogens with zero attached hydrogens (tertiary/aromatic N) is 2. The molecule has 0 aliphatic rings. The molecule has 0 radical (unpaired) electrons. The Labute approximate surface area is 134 Å². The van der Waals surface area contributed by atoms with Crippen LogP contribution in [0, 0.1) is 10.1 Å². The van der Waals surface area contributed by atoms with Crippen LogP contribution in [0.25, 0.3) is 11.3 Å². The molecule has 0 bridgehead atoms. The van der Waals surface area contributed by atoms with Crippen molar-refractivity contribution in [3.05, 3.63) is 69.5 Å². The summed E-state index contributed by atoms with van der Waals surface area (Å²) in [6.45, 7) is -0.142. The van der Waals surface area contributed by atoms with Gasteiger partial charge in [0.15, 0.2) is 12.4 Å². The quantitative estimate of drug-likeness (QED) is 0.402. The minimum Gasteiger partial charge on any atom is -0.451 e. The average Bonchev–Trinajstić information content (AvgIpc) is 3.23. The number of benzene rings is 1. The van der Waals surface area contributed by atoms with Crippen LogP contribution in [0.15, 0.2) is 53.1 Å². The van der Waals surface area contributed by atoms with Crippen LogP contribution in [0.2, 0.25) is 0 Å². The van der Waals surface area contributed by atoms with Crippen molar-refractivity contribution in [2.45, 2.75) is 6.61 Å². The van der Waals surface area contributed by atoms with Gasteiger partial charge in [-0.15, -0.1) is 0 Å². The highest BCUT2D eigenvalue weighted by molar-refractivity contribution is 7.17. The molecule has 2 heterocycles. The summed E-state index contributed by atoms with van der Waals surface area (Å²) in [7, 11) is 0. The Morgan fingerprint density at radius 1 is 1.26 bits per heavy atom. The second-order valence-corrected chi connectivity index (χ2v) is 5.52. The lowest BCUT2D eigenvalue weighted by Gasteiger charge is -1.99. The van der Waals surface area contributed by atoms with Crippen LogP contribution in [-0.4, -0.2) is 15.9 Å². The first-order valence-electron chi connectivity index (χ1n) is 6.55. The molecule has 0 unspecified atom stereocenters. The summed E-state index contributed by atoms with van der Waals surface area (Å²) >= 11 is 0.762. The van der Waals surface area contributed by atoms with E-state index < -0.39 is 10.9 Å². The van der Waals surface area contributed by atoms with Gasteiger partial charge in [-0.3, -0.25) is 10.1 Å². The highest BCUT2D eigenvalue weighted by atomic mass is 32.1. The lowest BCUT2D eigenvalue weighted by atomic mass is 10.2. The van der Waals surface area contributed by atoms with Crippen molar-refractivity contribution >= 4 is 22.3 Å². The number of ether oxygens (including phenoxy) is 1. The maximum atomic E-state index is 11.8. The molecule has 0 N–H and O–H groups in total. The van der Waals surface area contributed by atoms with Gasteiger partial charge in [0.05, 0.1) is 11.1 Å². The van der Waals surface area contributed by atoms with E-state index in [4.69, 9.17) is 9.15 Å². The lowest BCUT2D eigenvalue weighted by molar-refractivity contribution is -0.380. The summed E-state index contributed by atoms with van der Waals surface area (Å²) in [4.78, 5) is 26.1. The van der Waals surface area contributed by atoms with Crippen molar-refractivity contribution < 1.29 is 18.9 Å². The standard InChI is InChI=1S/C15H10N2O5S/c18-15(12-6-7-14(23-12)17(19)20)21-9-13-16-8-11(22-13)10-4-2-1-3-5-10/h1-8H,9H2. The van der Waals surface area contributed by atoms with E-state index in [1.165, 1.54) is 12.1 Å². The van der Waals surface area contributed by atoms with Crippen LogP contribution in [0.5, 0.6) is 0 Å². The van der Waals surface area contributed by atoms with Gasteiger partial charge in [0.2, 0.25) is 5.89 Å². The summed E-state index contributed by atoms with van der Waals surface area (Å²) in [6, 6.07) is 12.0. The van der Waals surface area contributed by atoms with Crippen LogP contribution in [0.1, 0.15) is 15.6 Å². The van der Waals surface area contributed by atoms with E-state index in [2.05, 4.69) is 4.98 Å². The molecule has 0 aliphatic carbocycles. The van der Waals surface area contributed by atoms with Crippen LogP contribution in [0.4, 0.5) is 5.00 Å². The van der Waals surface area contributed by atoms with Crippen LogP contribution < -0.4 is 0 Å². The number of hydrogen-bond donors (Lipinski definition) is 0. The number of hydrogen-bond acceptors (Lipinski definition) is 7. The molecule has 116 valence electrons. The zero-order chi connectivity index (χ0) is 16.2. The molecule has 0 atom stereocenters. The third kappa shape index (κ3) is 3.43. The second kappa shape index (κ2) is 6.41. The van der Waals surface area contributed by atoms with Crippen molar-refractivity contribution in [3.8, 4) is 11.3 Å². The number of thiophene rings is 1. The number of esters is 1. The number of carbonyl (C=O) groups is 1. The zero-order valence-corrected chi connectivity index (χ0v) is 12.5. The number of aromatic nitrogens is 1. The predicted octanol–water partition coefficient (Wildman–Crippen LogP) is 3.67. The third-order valence-corrected chi connectivity index (χ3v) is 3.93. The zero-order valence-electron chi connectivity index (χ0n) is 11.7. The fraction of sp³-hybridized carbons (Fsp3) is 0.0667. The van der Waals surface area contributed by atoms with Crippen molar-refractivity contribution in [2.24, 2.45) is 0 Å². The number of oxazole rings is 1. The minimum absolute atomic E-state index is 0.112. The van der Waals surface area contributed by atoms with Crippen LogP contribution >= 0.6 is 11.3 Å². The first kappa shape index (κ1) is 14.9. The van der Waals surface area contributed by atoms with E-state index in [1.807, 2.05) is 30.3 Å². The van der Waals surface area contributed by atoms with E-state index in [9.17, 15) is 14.9 Å². The number of nitro groups is 1. The molecule has 0 amide bonds. The van der Waals surface area contributed by atoms with Crippen molar-refractivity contribution in [2.75, 3.05) is 0 Å². The first-order valence-corrected chi connectivity index (χ1v) is 7.36. The van der Waals surface area contributed by atoms with E-state index >= 15 is 0 Å². The normalized spacial score (nSPS) is 10.4. The SMILES string of the molecule is O=C(OCc1ncc(-c2ccccc2)o1)c1ccc([N+](=O)[O-])s1. The monoisotopic (exact) mass is 330 g/mol. The van der Waals surface area contributed by atoms with Crippen LogP contribution in [-0.2, 0) is 11.3 Å². The van der Waals surface area contributed by atoms with Crippen LogP contribution in [0.3, 0.4) is 0 Å². The fourth-order valence-corrected chi connectivity index (χ4v) is 2.56. The Balaban J connectivity index is 1.63. The van der Waals surface area contributed by atoms with E-state index in [1.54, 1.807) is 6.20 Å². The first-order chi connectivity index (χ1) is 11.1. The Hall–Kier alpha value is -3.00. The van der Waals surface area contributed by atoms with Crippen molar-refractivity contribution in [3.63, 3.8) is 0 Å². The molecule has 1 aromatic carbocycles. The van der Waals surface area contributed by atoms with E-state index in [-0.39, 0.29) is 22.4 Å². The van der Waals surface area contributed by atoms with Gasteiger partial charge in [-0.1, -0.05) is 41.7 Å². The summed E-state index contributed by atoms with van der Waals surface area (Å²) < 4.78 is 10.6. The molecular formula is C15H10N2O5S. The molecule has 0 spiro atoms. The van der Waals surface area contributed by atoms with Crippen molar-refractivity contribution in [1.82, 2.24) is 4.98 Å².